The summed E-state index contributed by atoms with van der Waals surface area (Å²) in [5.41, 5.74) is 7.66. The van der Waals surface area contributed by atoms with Crippen LogP contribution in [0.25, 0.3) is 0 Å². The van der Waals surface area contributed by atoms with Crippen molar-refractivity contribution in [1.82, 2.24) is 14.8 Å². The van der Waals surface area contributed by atoms with E-state index < -0.39 is 0 Å². The molecule has 2 N–H and O–H groups in total. The molecule has 0 aliphatic carbocycles. The van der Waals surface area contributed by atoms with E-state index in [-0.39, 0.29) is 5.78 Å². The minimum absolute atomic E-state index is 0.118. The van der Waals surface area contributed by atoms with Gasteiger partial charge in [0.05, 0.1) is 6.42 Å². The van der Waals surface area contributed by atoms with Gasteiger partial charge in [0, 0.05) is 20.0 Å². The predicted molar refractivity (Wildman–Crippen MR) is 67.8 cm³/mol. The number of nitrogens with zero attached hydrogens (tertiary/aromatic N) is 3. The summed E-state index contributed by atoms with van der Waals surface area (Å²) in [6, 6.07) is 7.74. The van der Waals surface area contributed by atoms with Crippen LogP contribution in [0.4, 0.5) is 0 Å². The van der Waals surface area contributed by atoms with Crippen molar-refractivity contribution in [3.05, 3.63) is 47.5 Å². The van der Waals surface area contributed by atoms with Crippen LogP contribution in [0.2, 0.25) is 0 Å². The van der Waals surface area contributed by atoms with Crippen LogP contribution in [0.5, 0.6) is 0 Å². The number of nitrogens with two attached hydrogens (primary N) is 1. The van der Waals surface area contributed by atoms with Crippen molar-refractivity contribution in [2.75, 3.05) is 0 Å². The molecule has 5 nitrogen and oxygen atoms in total. The van der Waals surface area contributed by atoms with Gasteiger partial charge in [-0.3, -0.25) is 9.48 Å². The first kappa shape index (κ1) is 12.4. The second-order valence-electron chi connectivity index (χ2n) is 4.16. The highest BCUT2D eigenvalue weighted by Crippen LogP contribution is 2.10. The molecule has 0 fully saturated rings. The quantitative estimate of drug-likeness (QED) is 0.837. The molecule has 0 saturated heterocycles. The van der Waals surface area contributed by atoms with Crippen molar-refractivity contribution in [3.8, 4) is 0 Å². The Bertz CT molecular complexity index is 547. The van der Waals surface area contributed by atoms with Crippen LogP contribution in [0, 0.1) is 0 Å². The number of hydrogen-bond donors (Lipinski definition) is 1. The molecule has 0 bridgehead atoms. The van der Waals surface area contributed by atoms with E-state index in [1.54, 1.807) is 11.7 Å². The Hall–Kier alpha value is -2.01. The maximum atomic E-state index is 12.0. The molecule has 1 heterocycles. The molecule has 0 unspecified atom stereocenters. The Morgan fingerprint density at radius 1 is 1.28 bits per heavy atom. The molecule has 0 aliphatic rings. The number of hydrogen-bond acceptors (Lipinski definition) is 4. The van der Waals surface area contributed by atoms with Gasteiger partial charge in [0.1, 0.15) is 17.9 Å². The first-order chi connectivity index (χ1) is 8.70. The van der Waals surface area contributed by atoms with Gasteiger partial charge in [-0.05, 0) is 11.1 Å². The maximum Gasteiger partial charge on any atom is 0.144 e. The van der Waals surface area contributed by atoms with Gasteiger partial charge in [0.25, 0.3) is 0 Å². The summed E-state index contributed by atoms with van der Waals surface area (Å²) in [6.07, 6.45) is 2.14. The summed E-state index contributed by atoms with van der Waals surface area (Å²) in [5, 5.41) is 3.94. The Labute approximate surface area is 106 Å². The number of Topliss-reactive ketones (excluding diaryl/α,β-unsaturated/α-hetero) is 1. The highest BCUT2D eigenvalue weighted by atomic mass is 16.1. The Morgan fingerprint density at radius 2 is 2.00 bits per heavy atom. The van der Waals surface area contributed by atoms with Gasteiger partial charge in [-0.2, -0.15) is 5.10 Å². The molecule has 2 rings (SSSR count). The van der Waals surface area contributed by atoms with Crippen molar-refractivity contribution in [3.63, 3.8) is 0 Å². The van der Waals surface area contributed by atoms with Crippen LogP contribution < -0.4 is 5.73 Å². The second kappa shape index (κ2) is 5.55. The smallest absolute Gasteiger partial charge is 0.144 e. The summed E-state index contributed by atoms with van der Waals surface area (Å²) >= 11 is 0. The minimum atomic E-state index is 0.118. The average Bonchev–Trinajstić information content (AvgIpc) is 2.75. The first-order valence-corrected chi connectivity index (χ1v) is 5.82. The van der Waals surface area contributed by atoms with Crippen LogP contribution >= 0.6 is 0 Å². The van der Waals surface area contributed by atoms with E-state index in [1.165, 1.54) is 6.33 Å². The summed E-state index contributed by atoms with van der Waals surface area (Å²) < 4.78 is 1.62. The molecule has 18 heavy (non-hydrogen) atoms. The van der Waals surface area contributed by atoms with Gasteiger partial charge >= 0.3 is 0 Å². The number of aryl methyl sites for hydroxylation is 1. The zero-order chi connectivity index (χ0) is 13.0. The lowest BCUT2D eigenvalue weighted by Gasteiger charge is -2.06. The molecule has 0 spiro atoms. The number of aromatic nitrogens is 3. The van der Waals surface area contributed by atoms with Crippen molar-refractivity contribution in [2.24, 2.45) is 12.8 Å². The summed E-state index contributed by atoms with van der Waals surface area (Å²) in [7, 11) is 1.78. The van der Waals surface area contributed by atoms with Gasteiger partial charge in [-0.15, -0.1) is 0 Å². The number of carbonyl (C=O) groups excluding carboxylic acids is 1. The molecular weight excluding hydrogens is 228 g/mol. The fraction of sp³-hybridized carbons (Fsp3) is 0.308. The highest BCUT2D eigenvalue weighted by Gasteiger charge is 2.10. The highest BCUT2D eigenvalue weighted by molar-refractivity contribution is 5.82. The minimum Gasteiger partial charge on any atom is -0.326 e. The number of ketones is 1. The lowest BCUT2D eigenvalue weighted by Crippen LogP contribution is -2.13. The topological polar surface area (TPSA) is 73.8 Å². The third-order valence-electron chi connectivity index (χ3n) is 2.89. The standard InChI is InChI=1S/C13H16N4O/c1-17-13(15-9-16-17)7-12(18)6-10-4-2-3-5-11(10)8-14/h2-5,9H,6-8,14H2,1H3. The largest absolute Gasteiger partial charge is 0.326 e. The zero-order valence-electron chi connectivity index (χ0n) is 10.3. The first-order valence-electron chi connectivity index (χ1n) is 5.82. The number of benzene rings is 1. The average molecular weight is 244 g/mol. The molecule has 0 amide bonds. The third kappa shape index (κ3) is 2.81. The molecular formula is C13H16N4O. The van der Waals surface area contributed by atoms with Crippen LogP contribution in [-0.4, -0.2) is 20.5 Å². The molecule has 94 valence electrons. The molecule has 2 aromatic rings. The Morgan fingerprint density at radius 3 is 2.61 bits per heavy atom. The Balaban J connectivity index is 2.05. The second-order valence-corrected chi connectivity index (χ2v) is 4.16. The molecule has 0 atom stereocenters. The van der Waals surface area contributed by atoms with Crippen LogP contribution in [0.15, 0.2) is 30.6 Å². The zero-order valence-corrected chi connectivity index (χ0v) is 10.3. The van der Waals surface area contributed by atoms with E-state index in [0.29, 0.717) is 25.2 Å². The van der Waals surface area contributed by atoms with Crippen molar-refractivity contribution >= 4 is 5.78 Å². The molecule has 5 heteroatoms. The van der Waals surface area contributed by atoms with E-state index in [0.717, 1.165) is 11.1 Å². The summed E-state index contributed by atoms with van der Waals surface area (Å²) in [4.78, 5) is 16.0. The van der Waals surface area contributed by atoms with Crippen LogP contribution in [-0.2, 0) is 31.2 Å². The van der Waals surface area contributed by atoms with Gasteiger partial charge in [-0.1, -0.05) is 24.3 Å². The predicted octanol–water partition coefficient (Wildman–Crippen LogP) is 0.628. The molecule has 1 aromatic carbocycles. The molecule has 1 aromatic heterocycles. The number of carbonyl (C=O) groups is 1. The van der Waals surface area contributed by atoms with Crippen LogP contribution in [0.3, 0.4) is 0 Å². The van der Waals surface area contributed by atoms with Crippen molar-refractivity contribution < 1.29 is 4.79 Å². The molecule has 0 radical (unpaired) electrons. The SMILES string of the molecule is Cn1ncnc1CC(=O)Cc1ccccc1CN. The fourth-order valence-corrected chi connectivity index (χ4v) is 1.86. The monoisotopic (exact) mass is 244 g/mol. The van der Waals surface area contributed by atoms with E-state index in [9.17, 15) is 4.79 Å². The van der Waals surface area contributed by atoms with E-state index in [1.807, 2.05) is 24.3 Å². The normalized spacial score (nSPS) is 10.6. The van der Waals surface area contributed by atoms with Gasteiger partial charge in [-0.25, -0.2) is 4.98 Å². The summed E-state index contributed by atoms with van der Waals surface area (Å²) in [6.45, 7) is 0.452. The van der Waals surface area contributed by atoms with Gasteiger partial charge < -0.3 is 5.73 Å². The van der Waals surface area contributed by atoms with Crippen LogP contribution in [0.1, 0.15) is 17.0 Å². The van der Waals surface area contributed by atoms with Gasteiger partial charge in [0.2, 0.25) is 0 Å². The van der Waals surface area contributed by atoms with Gasteiger partial charge in [0.15, 0.2) is 0 Å². The van der Waals surface area contributed by atoms with E-state index in [2.05, 4.69) is 10.1 Å². The van der Waals surface area contributed by atoms with E-state index >= 15 is 0 Å². The molecule has 0 saturated carbocycles. The fourth-order valence-electron chi connectivity index (χ4n) is 1.86. The Kier molecular flexibility index (Phi) is 3.84. The summed E-state index contributed by atoms with van der Waals surface area (Å²) in [5.74, 6) is 0.803. The van der Waals surface area contributed by atoms with E-state index in [4.69, 9.17) is 5.73 Å². The lowest BCUT2D eigenvalue weighted by atomic mass is 10.0. The lowest BCUT2D eigenvalue weighted by molar-refractivity contribution is -0.117. The third-order valence-corrected chi connectivity index (χ3v) is 2.89. The maximum absolute atomic E-state index is 12.0. The van der Waals surface area contributed by atoms with Crippen molar-refractivity contribution in [1.29, 1.82) is 0 Å². The van der Waals surface area contributed by atoms with Crippen molar-refractivity contribution in [2.45, 2.75) is 19.4 Å². The number of rotatable bonds is 5. The molecule has 0 aliphatic heterocycles.